The lowest BCUT2D eigenvalue weighted by molar-refractivity contribution is -0.116. The minimum atomic E-state index is -0.0534. The Morgan fingerprint density at radius 3 is 2.29 bits per heavy atom. The summed E-state index contributed by atoms with van der Waals surface area (Å²) in [6.07, 6.45) is 0.786. The van der Waals surface area contributed by atoms with Gasteiger partial charge in [0, 0.05) is 0 Å². The van der Waals surface area contributed by atoms with E-state index in [1.807, 2.05) is 6.07 Å². The zero-order chi connectivity index (χ0) is 10.7. The van der Waals surface area contributed by atoms with Crippen LogP contribution in [0.1, 0.15) is 23.6 Å². The number of alkyl halides is 1. The molecule has 2 heteroatoms. The summed E-state index contributed by atoms with van der Waals surface area (Å²) in [5.41, 5.74) is 3.80. The first kappa shape index (κ1) is 11.4. The molecule has 1 unspecified atom stereocenters. The van der Waals surface area contributed by atoms with Gasteiger partial charge in [-0.25, -0.2) is 0 Å². The molecule has 0 aromatic heterocycles. The Labute approximate surface area is 93.7 Å². The first-order chi connectivity index (χ1) is 6.52. The predicted molar refractivity (Wildman–Crippen MR) is 63.0 cm³/mol. The fourth-order valence-electron chi connectivity index (χ4n) is 1.49. The normalized spacial score (nSPS) is 12.6. The minimum absolute atomic E-state index is 0.0534. The van der Waals surface area contributed by atoms with Crippen LogP contribution in [0.5, 0.6) is 0 Å². The van der Waals surface area contributed by atoms with Crippen LogP contribution in [-0.2, 0) is 11.2 Å². The molecule has 0 fully saturated rings. The Morgan fingerprint density at radius 1 is 1.36 bits per heavy atom. The van der Waals surface area contributed by atoms with Crippen LogP contribution in [-0.4, -0.2) is 10.6 Å². The average Bonchev–Trinajstić information content (AvgIpc) is 2.11. The molecule has 0 bridgehead atoms. The predicted octanol–water partition coefficient (Wildman–Crippen LogP) is 3.20. The van der Waals surface area contributed by atoms with Crippen LogP contribution in [0.15, 0.2) is 18.2 Å². The largest absolute Gasteiger partial charge is 0.299 e. The Kier molecular flexibility index (Phi) is 3.87. The first-order valence-corrected chi connectivity index (χ1v) is 5.63. The van der Waals surface area contributed by atoms with Crippen molar-refractivity contribution in [2.24, 2.45) is 0 Å². The molecule has 0 aliphatic rings. The van der Waals surface area contributed by atoms with Gasteiger partial charge >= 0.3 is 0 Å². The van der Waals surface area contributed by atoms with Gasteiger partial charge in [-0.2, -0.15) is 0 Å². The molecule has 1 atom stereocenters. The first-order valence-electron chi connectivity index (χ1n) is 4.72. The highest BCUT2D eigenvalue weighted by Crippen LogP contribution is 2.18. The van der Waals surface area contributed by atoms with Crippen molar-refractivity contribution < 1.29 is 4.79 Å². The van der Waals surface area contributed by atoms with Crippen molar-refractivity contribution in [1.82, 2.24) is 0 Å². The lowest BCUT2D eigenvalue weighted by atomic mass is 9.98. The number of halogens is 1. The minimum Gasteiger partial charge on any atom is -0.299 e. The molecule has 0 aliphatic heterocycles. The van der Waals surface area contributed by atoms with Crippen molar-refractivity contribution in [1.29, 1.82) is 0 Å². The zero-order valence-electron chi connectivity index (χ0n) is 8.80. The van der Waals surface area contributed by atoms with Crippen molar-refractivity contribution in [2.45, 2.75) is 32.0 Å². The molecule has 14 heavy (non-hydrogen) atoms. The summed E-state index contributed by atoms with van der Waals surface area (Å²) >= 11 is 3.40. The number of rotatable bonds is 3. The molecule has 0 saturated heterocycles. The van der Waals surface area contributed by atoms with Crippen molar-refractivity contribution in [3.8, 4) is 0 Å². The van der Waals surface area contributed by atoms with E-state index in [0.717, 1.165) is 6.42 Å². The van der Waals surface area contributed by atoms with Gasteiger partial charge in [0.1, 0.15) is 5.78 Å². The summed E-state index contributed by atoms with van der Waals surface area (Å²) in [6, 6.07) is 6.22. The van der Waals surface area contributed by atoms with Gasteiger partial charge in [0.2, 0.25) is 0 Å². The van der Waals surface area contributed by atoms with Crippen LogP contribution in [0.2, 0.25) is 0 Å². The monoisotopic (exact) mass is 254 g/mol. The summed E-state index contributed by atoms with van der Waals surface area (Å²) in [5.74, 6) is 0.188. The summed E-state index contributed by atoms with van der Waals surface area (Å²) in [6.45, 7) is 5.79. The number of hydrogen-bond acceptors (Lipinski definition) is 1. The summed E-state index contributed by atoms with van der Waals surface area (Å²) < 4.78 is 0. The number of benzene rings is 1. The molecular weight excluding hydrogens is 240 g/mol. The molecule has 1 aromatic carbocycles. The van der Waals surface area contributed by atoms with E-state index < -0.39 is 0 Å². The van der Waals surface area contributed by atoms with Crippen molar-refractivity contribution in [3.63, 3.8) is 0 Å². The van der Waals surface area contributed by atoms with Crippen LogP contribution in [0.25, 0.3) is 0 Å². The smallest absolute Gasteiger partial charge is 0.143 e. The van der Waals surface area contributed by atoms with Gasteiger partial charge < -0.3 is 0 Å². The number of Topliss-reactive ketones (excluding diaryl/α,β-unsaturated/α-hetero) is 1. The molecule has 0 amide bonds. The third kappa shape index (κ3) is 2.68. The maximum atomic E-state index is 11.1. The standard InChI is InChI=1S/C12H15BrO/c1-8-5-4-6-9(2)11(8)7-12(13)10(3)14/h4-6,12H,7H2,1-3H3. The van der Waals surface area contributed by atoms with E-state index in [9.17, 15) is 4.79 Å². The van der Waals surface area contributed by atoms with Crippen molar-refractivity contribution in [3.05, 3.63) is 34.9 Å². The maximum absolute atomic E-state index is 11.1. The zero-order valence-corrected chi connectivity index (χ0v) is 10.4. The topological polar surface area (TPSA) is 17.1 Å². The number of carbonyl (C=O) groups is 1. The molecule has 76 valence electrons. The van der Waals surface area contributed by atoms with Gasteiger partial charge in [-0.1, -0.05) is 34.1 Å². The quantitative estimate of drug-likeness (QED) is 0.758. The van der Waals surface area contributed by atoms with Crippen LogP contribution in [0.4, 0.5) is 0 Å². The van der Waals surface area contributed by atoms with E-state index in [2.05, 4.69) is 41.9 Å². The second-order valence-corrected chi connectivity index (χ2v) is 4.76. The lowest BCUT2D eigenvalue weighted by Gasteiger charge is -2.11. The Morgan fingerprint density at radius 2 is 1.86 bits per heavy atom. The van der Waals surface area contributed by atoms with Crippen molar-refractivity contribution >= 4 is 21.7 Å². The molecule has 0 saturated carbocycles. The SMILES string of the molecule is CC(=O)C(Br)Cc1c(C)cccc1C. The molecule has 0 spiro atoms. The summed E-state index contributed by atoms with van der Waals surface area (Å²) in [5, 5.41) is 0. The highest BCUT2D eigenvalue weighted by molar-refractivity contribution is 9.10. The Bertz CT molecular complexity index is 324. The third-order valence-electron chi connectivity index (χ3n) is 2.47. The molecule has 1 nitrogen and oxygen atoms in total. The summed E-state index contributed by atoms with van der Waals surface area (Å²) in [7, 11) is 0. The number of carbonyl (C=O) groups excluding carboxylic acids is 1. The van der Waals surface area contributed by atoms with Crippen molar-refractivity contribution in [2.75, 3.05) is 0 Å². The van der Waals surface area contributed by atoms with Crippen LogP contribution in [0.3, 0.4) is 0 Å². The fourth-order valence-corrected chi connectivity index (χ4v) is 1.82. The highest BCUT2D eigenvalue weighted by Gasteiger charge is 2.13. The third-order valence-corrected chi connectivity index (χ3v) is 3.44. The molecule has 1 rings (SSSR count). The van der Waals surface area contributed by atoms with E-state index >= 15 is 0 Å². The highest BCUT2D eigenvalue weighted by atomic mass is 79.9. The van der Waals surface area contributed by atoms with Gasteiger partial charge in [-0.05, 0) is 43.9 Å². The lowest BCUT2D eigenvalue weighted by Crippen LogP contribution is -2.14. The Hall–Kier alpha value is -0.630. The summed E-state index contributed by atoms with van der Waals surface area (Å²) in [4.78, 5) is 11.1. The second kappa shape index (κ2) is 4.74. The second-order valence-electron chi connectivity index (χ2n) is 3.65. The molecule has 1 aromatic rings. The van der Waals surface area contributed by atoms with E-state index in [-0.39, 0.29) is 10.6 Å². The number of aryl methyl sites for hydroxylation is 2. The fraction of sp³-hybridized carbons (Fsp3) is 0.417. The molecule has 0 N–H and O–H groups in total. The van der Waals surface area contributed by atoms with E-state index in [1.165, 1.54) is 16.7 Å². The van der Waals surface area contributed by atoms with E-state index in [1.54, 1.807) is 6.92 Å². The van der Waals surface area contributed by atoms with Crippen LogP contribution in [0, 0.1) is 13.8 Å². The van der Waals surface area contributed by atoms with Crippen LogP contribution >= 0.6 is 15.9 Å². The average molecular weight is 255 g/mol. The molecule has 0 heterocycles. The van der Waals surface area contributed by atoms with E-state index in [4.69, 9.17) is 0 Å². The molecular formula is C12H15BrO. The van der Waals surface area contributed by atoms with E-state index in [0.29, 0.717) is 0 Å². The number of ketones is 1. The van der Waals surface area contributed by atoms with Gasteiger partial charge in [0.05, 0.1) is 4.83 Å². The maximum Gasteiger partial charge on any atom is 0.143 e. The molecule has 0 aliphatic carbocycles. The van der Waals surface area contributed by atoms with Gasteiger partial charge in [-0.15, -0.1) is 0 Å². The van der Waals surface area contributed by atoms with Gasteiger partial charge in [-0.3, -0.25) is 4.79 Å². The van der Waals surface area contributed by atoms with Gasteiger partial charge in [0.15, 0.2) is 0 Å². The number of hydrogen-bond donors (Lipinski definition) is 0. The van der Waals surface area contributed by atoms with Crippen LogP contribution < -0.4 is 0 Å². The molecule has 0 radical (unpaired) electrons. The van der Waals surface area contributed by atoms with Gasteiger partial charge in [0.25, 0.3) is 0 Å². The Balaban J connectivity index is 2.91.